The predicted octanol–water partition coefficient (Wildman–Crippen LogP) is 0.195. The van der Waals surface area contributed by atoms with Crippen molar-refractivity contribution in [2.24, 2.45) is 17.6 Å². The number of ether oxygens (including phenoxy) is 3. The summed E-state index contributed by atoms with van der Waals surface area (Å²) in [7, 11) is 0. The van der Waals surface area contributed by atoms with Crippen molar-refractivity contribution in [2.75, 3.05) is 65.8 Å². The number of nitrogens with one attached hydrogen (secondary N) is 5. The topological polar surface area (TPSA) is 211 Å². The Hall–Kier alpha value is -3.36. The van der Waals surface area contributed by atoms with Crippen LogP contribution in [0.4, 0.5) is 0 Å². The van der Waals surface area contributed by atoms with E-state index in [1.165, 1.54) is 6.92 Å². The molecule has 14 nitrogen and oxygen atoms in total. The van der Waals surface area contributed by atoms with E-state index in [0.29, 0.717) is 97.0 Å². The van der Waals surface area contributed by atoms with Crippen molar-refractivity contribution in [1.29, 1.82) is 5.41 Å². The van der Waals surface area contributed by atoms with Gasteiger partial charge in [-0.3, -0.25) is 24.0 Å². The van der Waals surface area contributed by atoms with Crippen LogP contribution in [0.5, 0.6) is 0 Å². The molecule has 0 spiro atoms. The first-order chi connectivity index (χ1) is 20.6. The lowest BCUT2D eigenvalue weighted by atomic mass is 9.93. The third-order valence-corrected chi connectivity index (χ3v) is 6.18. The summed E-state index contributed by atoms with van der Waals surface area (Å²) in [5.41, 5.74) is 5.44. The highest BCUT2D eigenvalue weighted by Crippen LogP contribution is 2.13. The van der Waals surface area contributed by atoms with Crippen LogP contribution < -0.4 is 27.0 Å². The standard InChI is InChI=1S/C29H52N6O8/c1-22(29(40)35-21-26(37)19-25(27(38)20-30)7-4-10-32-23(2)31)8-9-28(39)34-12-6-14-42-16-18-43-17-15-41-13-5-11-33-24(3)36/h20,22,25,30,32H,2,4-19,21,31H2,1,3H3,(H,33,36)(H,34,39)(H,35,40)/t22-,25+/m0/s1. The van der Waals surface area contributed by atoms with Crippen molar-refractivity contribution >= 4 is 35.5 Å². The van der Waals surface area contributed by atoms with E-state index in [1.54, 1.807) is 6.92 Å². The summed E-state index contributed by atoms with van der Waals surface area (Å²) < 4.78 is 16.3. The maximum atomic E-state index is 12.4. The number of carbonyl (C=O) groups is 5. The van der Waals surface area contributed by atoms with Gasteiger partial charge in [0.15, 0.2) is 11.6 Å². The second-order valence-corrected chi connectivity index (χ2v) is 10.1. The number of amides is 3. The third-order valence-electron chi connectivity index (χ3n) is 6.18. The lowest BCUT2D eigenvalue weighted by Crippen LogP contribution is -2.35. The van der Waals surface area contributed by atoms with Crippen LogP contribution in [0.3, 0.4) is 0 Å². The molecular weight excluding hydrogens is 560 g/mol. The monoisotopic (exact) mass is 612 g/mol. The second-order valence-electron chi connectivity index (χ2n) is 10.1. The molecule has 0 aromatic rings. The normalized spacial score (nSPS) is 12.0. The van der Waals surface area contributed by atoms with Crippen LogP contribution in [0.2, 0.25) is 0 Å². The molecule has 43 heavy (non-hydrogen) atoms. The summed E-state index contributed by atoms with van der Waals surface area (Å²) in [5.74, 6) is -2.08. The quantitative estimate of drug-likeness (QED) is 0.0499. The van der Waals surface area contributed by atoms with E-state index in [-0.39, 0.29) is 42.9 Å². The molecule has 7 N–H and O–H groups in total. The summed E-state index contributed by atoms with van der Waals surface area (Å²) in [6.45, 7) is 10.9. The number of carbonyl (C=O) groups excluding carboxylic acids is 5. The molecule has 0 radical (unpaired) electrons. The molecule has 0 aromatic carbocycles. The van der Waals surface area contributed by atoms with Gasteiger partial charge in [0.1, 0.15) is 0 Å². The molecular formula is C29H52N6O8. The Morgan fingerprint density at radius 2 is 1.37 bits per heavy atom. The molecule has 0 unspecified atom stereocenters. The summed E-state index contributed by atoms with van der Waals surface area (Å²) in [6, 6.07) is 0. The Balaban J connectivity index is 3.86. The lowest BCUT2D eigenvalue weighted by molar-refractivity contribution is -0.129. The highest BCUT2D eigenvalue weighted by atomic mass is 16.5. The molecule has 0 aromatic heterocycles. The average molecular weight is 613 g/mol. The van der Waals surface area contributed by atoms with Crippen LogP contribution in [-0.2, 0) is 38.2 Å². The van der Waals surface area contributed by atoms with Crippen LogP contribution in [0.15, 0.2) is 12.4 Å². The summed E-state index contributed by atoms with van der Waals surface area (Å²) >= 11 is 0. The molecule has 0 saturated carbocycles. The zero-order valence-corrected chi connectivity index (χ0v) is 25.8. The number of Topliss-reactive ketones (excluding diaryl/α,β-unsaturated/α-hetero) is 2. The molecule has 2 atom stereocenters. The number of ketones is 2. The SMILES string of the molecule is C=C(N)NCCC[C@H](CC(=O)CNC(=O)[C@@H](C)CCC(=O)NCCCOCCOCCOCCCNC(C)=O)C(=O)C=N. The molecule has 0 aliphatic carbocycles. The van der Waals surface area contributed by atoms with E-state index in [9.17, 15) is 24.0 Å². The lowest BCUT2D eigenvalue weighted by Gasteiger charge is -2.15. The van der Waals surface area contributed by atoms with Crippen molar-refractivity contribution in [2.45, 2.75) is 58.8 Å². The van der Waals surface area contributed by atoms with Crippen molar-refractivity contribution in [3.05, 3.63) is 12.4 Å². The van der Waals surface area contributed by atoms with Crippen LogP contribution >= 0.6 is 0 Å². The number of rotatable bonds is 29. The van der Waals surface area contributed by atoms with Gasteiger partial charge in [-0.2, -0.15) is 0 Å². The molecule has 246 valence electrons. The van der Waals surface area contributed by atoms with Gasteiger partial charge in [0.05, 0.1) is 45.0 Å². The highest BCUT2D eigenvalue weighted by Gasteiger charge is 2.21. The van der Waals surface area contributed by atoms with E-state index in [2.05, 4.69) is 27.8 Å². The summed E-state index contributed by atoms with van der Waals surface area (Å²) in [5, 5.41) is 18.1. The van der Waals surface area contributed by atoms with E-state index in [4.69, 9.17) is 25.4 Å². The van der Waals surface area contributed by atoms with Crippen molar-refractivity contribution in [3.8, 4) is 0 Å². The van der Waals surface area contributed by atoms with Crippen molar-refractivity contribution in [3.63, 3.8) is 0 Å². The fourth-order valence-electron chi connectivity index (χ4n) is 3.72. The fourth-order valence-corrected chi connectivity index (χ4v) is 3.72. The molecule has 3 amide bonds. The Kier molecular flexibility index (Phi) is 24.2. The molecule has 0 aliphatic heterocycles. The molecule has 0 bridgehead atoms. The first-order valence-electron chi connectivity index (χ1n) is 14.8. The van der Waals surface area contributed by atoms with E-state index < -0.39 is 17.6 Å². The van der Waals surface area contributed by atoms with E-state index in [1.807, 2.05) is 0 Å². The highest BCUT2D eigenvalue weighted by molar-refractivity contribution is 6.27. The third kappa shape index (κ3) is 24.9. The van der Waals surface area contributed by atoms with Gasteiger partial charge >= 0.3 is 0 Å². The predicted molar refractivity (Wildman–Crippen MR) is 162 cm³/mol. The Bertz CT molecular complexity index is 870. The Morgan fingerprint density at radius 3 is 1.93 bits per heavy atom. The van der Waals surface area contributed by atoms with Crippen LogP contribution in [-0.4, -0.2) is 101 Å². The first-order valence-corrected chi connectivity index (χ1v) is 14.8. The van der Waals surface area contributed by atoms with Gasteiger partial charge in [-0.05, 0) is 32.1 Å². The largest absolute Gasteiger partial charge is 0.386 e. The smallest absolute Gasteiger partial charge is 0.223 e. The van der Waals surface area contributed by atoms with Crippen molar-refractivity contribution in [1.82, 2.24) is 21.3 Å². The fraction of sp³-hybridized carbons (Fsp3) is 0.724. The van der Waals surface area contributed by atoms with Gasteiger partial charge in [0.25, 0.3) is 0 Å². The molecule has 14 heteroatoms. The van der Waals surface area contributed by atoms with E-state index in [0.717, 1.165) is 6.42 Å². The number of hydrogen-bond acceptors (Lipinski definition) is 11. The number of nitrogens with two attached hydrogens (primary N) is 1. The maximum absolute atomic E-state index is 12.4. The second kappa shape index (κ2) is 26.3. The minimum Gasteiger partial charge on any atom is -0.386 e. The molecule has 0 fully saturated rings. The molecule has 0 saturated heterocycles. The Labute approximate surface area is 255 Å². The van der Waals surface area contributed by atoms with Crippen LogP contribution in [0, 0.1) is 17.2 Å². The molecule has 0 rings (SSSR count). The van der Waals surface area contributed by atoms with Crippen LogP contribution in [0.25, 0.3) is 0 Å². The maximum Gasteiger partial charge on any atom is 0.223 e. The van der Waals surface area contributed by atoms with Crippen molar-refractivity contribution < 1.29 is 38.2 Å². The molecule has 0 aliphatic rings. The van der Waals surface area contributed by atoms with Gasteiger partial charge in [0.2, 0.25) is 17.7 Å². The average Bonchev–Trinajstić information content (AvgIpc) is 2.97. The van der Waals surface area contributed by atoms with Gasteiger partial charge in [-0.1, -0.05) is 13.5 Å². The van der Waals surface area contributed by atoms with Gasteiger partial charge in [-0.15, -0.1) is 0 Å². The van der Waals surface area contributed by atoms with Crippen LogP contribution in [0.1, 0.15) is 58.8 Å². The number of hydrogen-bond donors (Lipinski definition) is 6. The summed E-state index contributed by atoms with van der Waals surface area (Å²) in [4.78, 5) is 59.5. The zero-order valence-electron chi connectivity index (χ0n) is 25.8. The molecule has 0 heterocycles. The van der Waals surface area contributed by atoms with Gasteiger partial charge in [0, 0.05) is 64.4 Å². The van der Waals surface area contributed by atoms with E-state index >= 15 is 0 Å². The first kappa shape index (κ1) is 39.6. The van der Waals surface area contributed by atoms with Gasteiger partial charge in [-0.25, -0.2) is 0 Å². The minimum atomic E-state index is -0.626. The summed E-state index contributed by atoms with van der Waals surface area (Å²) in [6.07, 6.45) is 3.51. The Morgan fingerprint density at radius 1 is 0.814 bits per heavy atom. The zero-order chi connectivity index (χ0) is 32.3. The minimum absolute atomic E-state index is 0.0513. The van der Waals surface area contributed by atoms with Gasteiger partial charge < -0.3 is 46.6 Å².